The summed E-state index contributed by atoms with van der Waals surface area (Å²) in [7, 11) is -3.98. The molecule has 1 aliphatic rings. The molecule has 1 heterocycles. The quantitative estimate of drug-likeness (QED) is 0.660. The molecule has 1 amide bonds. The van der Waals surface area contributed by atoms with Gasteiger partial charge in [-0.25, -0.2) is 13.2 Å². The smallest absolute Gasteiger partial charge is 0.341 e. The zero-order chi connectivity index (χ0) is 19.6. The molecular weight excluding hydrogens is 400 g/mol. The van der Waals surface area contributed by atoms with Crippen molar-refractivity contribution in [2.24, 2.45) is 0 Å². The van der Waals surface area contributed by atoms with Crippen molar-refractivity contribution in [3.8, 4) is 11.5 Å². The van der Waals surface area contributed by atoms with E-state index in [0.29, 0.717) is 11.4 Å². The van der Waals surface area contributed by atoms with Crippen molar-refractivity contribution in [1.29, 1.82) is 0 Å². The Bertz CT molecular complexity index is 1020. The number of ether oxygens (including phenoxy) is 2. The maximum absolute atomic E-state index is 12.5. The van der Waals surface area contributed by atoms with Gasteiger partial charge < -0.3 is 19.9 Å². The first kappa shape index (κ1) is 18.8. The monoisotopic (exact) mass is 412 g/mol. The van der Waals surface area contributed by atoms with Gasteiger partial charge in [0.05, 0.1) is 21.3 Å². The minimum absolute atomic E-state index is 0.0478. The van der Waals surface area contributed by atoms with E-state index in [0.717, 1.165) is 6.07 Å². The number of hydrogen-bond donors (Lipinski definition) is 3. The second-order valence-electron chi connectivity index (χ2n) is 5.43. The molecule has 2 aromatic carbocycles. The van der Waals surface area contributed by atoms with Crippen LogP contribution in [0.15, 0.2) is 41.3 Å². The molecule has 0 bridgehead atoms. The molecule has 9 nitrogen and oxygen atoms in total. The Labute approximate surface area is 158 Å². The third-order valence-electron chi connectivity index (χ3n) is 3.43. The van der Waals surface area contributed by atoms with Gasteiger partial charge in [-0.1, -0.05) is 11.6 Å². The maximum Gasteiger partial charge on any atom is 0.341 e. The van der Waals surface area contributed by atoms with E-state index < -0.39 is 22.6 Å². The fraction of sp³-hybridized carbons (Fsp3) is 0.125. The fourth-order valence-corrected chi connectivity index (χ4v) is 3.64. The summed E-state index contributed by atoms with van der Waals surface area (Å²) in [5.41, 5.74) is 0.559. The van der Waals surface area contributed by atoms with Gasteiger partial charge in [-0.3, -0.25) is 9.52 Å². The lowest BCUT2D eigenvalue weighted by Gasteiger charge is -2.19. The summed E-state index contributed by atoms with van der Waals surface area (Å²) in [5, 5.41) is 11.1. The molecule has 0 saturated carbocycles. The normalized spacial score (nSPS) is 13.1. The van der Waals surface area contributed by atoms with Gasteiger partial charge in [0, 0.05) is 0 Å². The van der Waals surface area contributed by atoms with E-state index in [1.54, 1.807) is 0 Å². The molecule has 0 aliphatic carbocycles. The highest BCUT2D eigenvalue weighted by Crippen LogP contribution is 2.32. The highest BCUT2D eigenvalue weighted by molar-refractivity contribution is 7.92. The van der Waals surface area contributed by atoms with E-state index >= 15 is 0 Å². The molecule has 27 heavy (non-hydrogen) atoms. The highest BCUT2D eigenvalue weighted by atomic mass is 35.5. The number of nitrogens with one attached hydrogen (secondary N) is 2. The zero-order valence-electron chi connectivity index (χ0n) is 13.6. The van der Waals surface area contributed by atoms with Crippen molar-refractivity contribution in [3.63, 3.8) is 0 Å². The standard InChI is InChI=1S/C16H13ClN2O7S/c17-11-6-10(2-4-13(11)26-8-16(21)22)27(23,24)19-9-1-3-14-12(5-9)18-15(20)7-25-14/h1-6,19H,7-8H2,(H,18,20)(H,21,22). The predicted octanol–water partition coefficient (Wildman–Crippen LogP) is 1.94. The molecule has 0 aromatic heterocycles. The lowest BCUT2D eigenvalue weighted by Crippen LogP contribution is -2.25. The van der Waals surface area contributed by atoms with E-state index in [2.05, 4.69) is 10.0 Å². The third kappa shape index (κ3) is 4.41. The van der Waals surface area contributed by atoms with E-state index in [-0.39, 0.29) is 33.9 Å². The number of fused-ring (bicyclic) bond motifs is 1. The van der Waals surface area contributed by atoms with Gasteiger partial charge in [0.15, 0.2) is 13.2 Å². The fourth-order valence-electron chi connectivity index (χ4n) is 2.27. The molecule has 1 aliphatic heterocycles. The number of carboxylic acids is 1. The minimum atomic E-state index is -3.98. The number of halogens is 1. The molecule has 0 atom stereocenters. The van der Waals surface area contributed by atoms with Gasteiger partial charge in [0.25, 0.3) is 15.9 Å². The Morgan fingerprint density at radius 3 is 2.78 bits per heavy atom. The number of carbonyl (C=O) groups excluding carboxylic acids is 1. The van der Waals surface area contributed by atoms with Crippen LogP contribution in [0.5, 0.6) is 11.5 Å². The second-order valence-corrected chi connectivity index (χ2v) is 7.52. The maximum atomic E-state index is 12.5. The Hall–Kier alpha value is -2.98. The van der Waals surface area contributed by atoms with Gasteiger partial charge in [0.1, 0.15) is 11.5 Å². The van der Waals surface area contributed by atoms with E-state index in [1.165, 1.54) is 30.3 Å². The lowest BCUT2D eigenvalue weighted by molar-refractivity contribution is -0.139. The van der Waals surface area contributed by atoms with Crippen molar-refractivity contribution in [3.05, 3.63) is 41.4 Å². The lowest BCUT2D eigenvalue weighted by atomic mass is 10.2. The third-order valence-corrected chi connectivity index (χ3v) is 5.10. The average Bonchev–Trinajstić information content (AvgIpc) is 2.59. The Kier molecular flexibility index (Phi) is 5.10. The summed E-state index contributed by atoms with van der Waals surface area (Å²) < 4.78 is 37.6. The van der Waals surface area contributed by atoms with Crippen LogP contribution >= 0.6 is 11.6 Å². The minimum Gasteiger partial charge on any atom is -0.482 e. The molecule has 142 valence electrons. The van der Waals surface area contributed by atoms with Crippen LogP contribution in [0.1, 0.15) is 0 Å². The number of carboxylic acid groups (broad SMARTS) is 1. The van der Waals surface area contributed by atoms with Crippen LogP contribution < -0.4 is 19.5 Å². The van der Waals surface area contributed by atoms with E-state index in [4.69, 9.17) is 26.2 Å². The van der Waals surface area contributed by atoms with Crippen LogP contribution in [-0.2, 0) is 19.6 Å². The summed E-state index contributed by atoms with van der Waals surface area (Å²) in [6.07, 6.45) is 0. The van der Waals surface area contributed by atoms with Crippen LogP contribution in [0.25, 0.3) is 0 Å². The number of amides is 1. The molecule has 0 spiro atoms. The van der Waals surface area contributed by atoms with Crippen molar-refractivity contribution in [2.45, 2.75) is 4.90 Å². The molecule has 2 aromatic rings. The van der Waals surface area contributed by atoms with Gasteiger partial charge >= 0.3 is 5.97 Å². The summed E-state index contributed by atoms with van der Waals surface area (Å²) in [4.78, 5) is 21.8. The van der Waals surface area contributed by atoms with E-state index in [1.807, 2.05) is 0 Å². The van der Waals surface area contributed by atoms with Crippen molar-refractivity contribution < 1.29 is 32.6 Å². The van der Waals surface area contributed by atoms with Crippen LogP contribution in [0.2, 0.25) is 5.02 Å². The van der Waals surface area contributed by atoms with Gasteiger partial charge in [-0.2, -0.15) is 0 Å². The van der Waals surface area contributed by atoms with Crippen LogP contribution in [0.3, 0.4) is 0 Å². The predicted molar refractivity (Wildman–Crippen MR) is 96.0 cm³/mol. The molecular formula is C16H13ClN2O7S. The Morgan fingerprint density at radius 1 is 1.30 bits per heavy atom. The van der Waals surface area contributed by atoms with Crippen molar-refractivity contribution in [1.82, 2.24) is 0 Å². The van der Waals surface area contributed by atoms with Crippen LogP contribution in [0, 0.1) is 0 Å². The number of hydrogen-bond acceptors (Lipinski definition) is 6. The van der Waals surface area contributed by atoms with Crippen LogP contribution in [0.4, 0.5) is 11.4 Å². The van der Waals surface area contributed by atoms with Gasteiger partial charge in [0.2, 0.25) is 0 Å². The van der Waals surface area contributed by atoms with E-state index in [9.17, 15) is 18.0 Å². The first-order valence-corrected chi connectivity index (χ1v) is 9.34. The molecule has 0 saturated heterocycles. The number of rotatable bonds is 6. The summed E-state index contributed by atoms with van der Waals surface area (Å²) in [6.45, 7) is -0.708. The SMILES string of the molecule is O=C(O)COc1ccc(S(=O)(=O)Nc2ccc3c(c2)NC(=O)CO3)cc1Cl. The van der Waals surface area contributed by atoms with Gasteiger partial charge in [-0.05, 0) is 36.4 Å². The van der Waals surface area contributed by atoms with Crippen molar-refractivity contribution >= 4 is 44.9 Å². The van der Waals surface area contributed by atoms with Gasteiger partial charge in [-0.15, -0.1) is 0 Å². The Morgan fingerprint density at radius 2 is 2.07 bits per heavy atom. The van der Waals surface area contributed by atoms with Crippen LogP contribution in [-0.4, -0.2) is 38.6 Å². The number of carbonyl (C=O) groups is 2. The molecule has 3 rings (SSSR count). The molecule has 0 fully saturated rings. The number of aliphatic carboxylic acids is 1. The number of benzene rings is 2. The number of anilines is 2. The first-order valence-electron chi connectivity index (χ1n) is 7.48. The first-order chi connectivity index (χ1) is 12.7. The summed E-state index contributed by atoms with van der Waals surface area (Å²) in [6, 6.07) is 8.08. The molecule has 0 unspecified atom stereocenters. The summed E-state index contributed by atoms with van der Waals surface area (Å²) >= 11 is 5.96. The molecule has 11 heteroatoms. The Balaban J connectivity index is 1.81. The topological polar surface area (TPSA) is 131 Å². The zero-order valence-corrected chi connectivity index (χ0v) is 15.1. The summed E-state index contributed by atoms with van der Waals surface area (Å²) in [5.74, 6) is -1.05. The second kappa shape index (κ2) is 7.33. The molecule has 0 radical (unpaired) electrons. The number of sulfonamides is 1. The average molecular weight is 413 g/mol. The largest absolute Gasteiger partial charge is 0.482 e. The molecule has 3 N–H and O–H groups in total. The highest BCUT2D eigenvalue weighted by Gasteiger charge is 2.20. The van der Waals surface area contributed by atoms with Crippen molar-refractivity contribution in [2.75, 3.05) is 23.3 Å².